The van der Waals surface area contributed by atoms with Crippen LogP contribution in [0.25, 0.3) is 0 Å². The summed E-state index contributed by atoms with van der Waals surface area (Å²) in [6.45, 7) is 1.91. The SMILES string of the molecule is CCOC(=O)[C@@H]1C(=O)C2=C(C[C@@H]1c1ccco1)NC(=O)C[C@H]2c1ccccc1. The number of carbonyl (C=O) groups excluding carboxylic acids is 3. The second-order valence-electron chi connectivity index (χ2n) is 7.03. The van der Waals surface area contributed by atoms with Crippen LogP contribution in [0.1, 0.15) is 42.9 Å². The molecule has 0 saturated heterocycles. The van der Waals surface area contributed by atoms with Crippen LogP contribution in [-0.2, 0) is 19.1 Å². The van der Waals surface area contributed by atoms with E-state index < -0.39 is 17.8 Å². The second-order valence-corrected chi connectivity index (χ2v) is 7.03. The molecule has 0 spiro atoms. The average Bonchev–Trinajstić information content (AvgIpc) is 3.22. The van der Waals surface area contributed by atoms with Crippen molar-refractivity contribution in [1.29, 1.82) is 0 Å². The van der Waals surface area contributed by atoms with E-state index in [9.17, 15) is 14.4 Å². The number of benzene rings is 1. The maximum absolute atomic E-state index is 13.5. The highest BCUT2D eigenvalue weighted by molar-refractivity contribution is 6.12. The van der Waals surface area contributed by atoms with E-state index in [1.54, 1.807) is 19.1 Å². The summed E-state index contributed by atoms with van der Waals surface area (Å²) < 4.78 is 10.7. The molecule has 144 valence electrons. The van der Waals surface area contributed by atoms with Crippen molar-refractivity contribution in [2.24, 2.45) is 5.92 Å². The smallest absolute Gasteiger partial charge is 0.317 e. The van der Waals surface area contributed by atoms with Crippen molar-refractivity contribution in [3.63, 3.8) is 0 Å². The average molecular weight is 379 g/mol. The number of esters is 1. The summed E-state index contributed by atoms with van der Waals surface area (Å²) in [5, 5.41) is 2.86. The molecule has 0 saturated carbocycles. The van der Waals surface area contributed by atoms with Crippen molar-refractivity contribution in [3.05, 3.63) is 71.3 Å². The van der Waals surface area contributed by atoms with E-state index in [0.717, 1.165) is 5.56 Å². The van der Waals surface area contributed by atoms with Crippen molar-refractivity contribution >= 4 is 17.7 Å². The number of allylic oxidation sites excluding steroid dienone is 2. The molecule has 1 aromatic heterocycles. The van der Waals surface area contributed by atoms with Gasteiger partial charge in [0.1, 0.15) is 11.7 Å². The molecule has 1 N–H and O–H groups in total. The topological polar surface area (TPSA) is 85.6 Å². The second kappa shape index (κ2) is 7.46. The Balaban J connectivity index is 1.81. The molecule has 0 unspecified atom stereocenters. The number of rotatable bonds is 4. The Morgan fingerprint density at radius 1 is 1.14 bits per heavy atom. The van der Waals surface area contributed by atoms with Gasteiger partial charge in [0.2, 0.25) is 5.91 Å². The summed E-state index contributed by atoms with van der Waals surface area (Å²) >= 11 is 0. The van der Waals surface area contributed by atoms with Gasteiger partial charge in [0.15, 0.2) is 5.78 Å². The van der Waals surface area contributed by atoms with E-state index in [0.29, 0.717) is 23.5 Å². The van der Waals surface area contributed by atoms with Gasteiger partial charge in [-0.1, -0.05) is 30.3 Å². The van der Waals surface area contributed by atoms with Crippen LogP contribution in [-0.4, -0.2) is 24.3 Å². The highest BCUT2D eigenvalue weighted by atomic mass is 16.5. The van der Waals surface area contributed by atoms with E-state index in [-0.39, 0.29) is 30.6 Å². The number of ether oxygens (including phenoxy) is 1. The van der Waals surface area contributed by atoms with Gasteiger partial charge in [-0.3, -0.25) is 14.4 Å². The van der Waals surface area contributed by atoms with Crippen LogP contribution in [0.4, 0.5) is 0 Å². The fraction of sp³-hybridized carbons (Fsp3) is 0.318. The Kier molecular flexibility index (Phi) is 4.86. The van der Waals surface area contributed by atoms with Gasteiger partial charge in [0.05, 0.1) is 12.9 Å². The third-order valence-corrected chi connectivity index (χ3v) is 5.38. The Labute approximate surface area is 162 Å². The molecule has 4 rings (SSSR count). The lowest BCUT2D eigenvalue weighted by Gasteiger charge is -2.37. The summed E-state index contributed by atoms with van der Waals surface area (Å²) in [6.07, 6.45) is 2.03. The van der Waals surface area contributed by atoms with Crippen LogP contribution in [0.15, 0.2) is 64.4 Å². The van der Waals surface area contributed by atoms with Crippen LogP contribution >= 0.6 is 0 Å². The molecular weight excluding hydrogens is 358 g/mol. The van der Waals surface area contributed by atoms with E-state index >= 15 is 0 Å². The first-order valence-electron chi connectivity index (χ1n) is 9.42. The molecule has 28 heavy (non-hydrogen) atoms. The normalized spacial score (nSPS) is 24.5. The van der Waals surface area contributed by atoms with Crippen LogP contribution in [0.5, 0.6) is 0 Å². The lowest BCUT2D eigenvalue weighted by atomic mass is 9.69. The molecule has 2 aromatic rings. The van der Waals surface area contributed by atoms with Gasteiger partial charge in [-0.05, 0) is 31.0 Å². The molecule has 2 aliphatic rings. The summed E-state index contributed by atoms with van der Waals surface area (Å²) in [7, 11) is 0. The van der Waals surface area contributed by atoms with E-state index in [2.05, 4.69) is 5.32 Å². The van der Waals surface area contributed by atoms with Gasteiger partial charge >= 0.3 is 5.97 Å². The molecule has 1 aliphatic carbocycles. The first kappa shape index (κ1) is 18.2. The van der Waals surface area contributed by atoms with Gasteiger partial charge in [-0.2, -0.15) is 0 Å². The third kappa shape index (κ3) is 3.15. The van der Waals surface area contributed by atoms with Gasteiger partial charge in [-0.15, -0.1) is 0 Å². The first-order chi connectivity index (χ1) is 13.6. The molecule has 1 aliphatic heterocycles. The predicted molar refractivity (Wildman–Crippen MR) is 100 cm³/mol. The number of Topliss-reactive ketones (excluding diaryl/α,β-unsaturated/α-hetero) is 1. The van der Waals surface area contributed by atoms with Crippen LogP contribution in [0.2, 0.25) is 0 Å². The summed E-state index contributed by atoms with van der Waals surface area (Å²) in [5.74, 6) is -2.30. The number of amides is 1. The molecule has 1 amide bonds. The number of nitrogens with one attached hydrogen (secondary N) is 1. The fourth-order valence-electron chi connectivity index (χ4n) is 4.19. The number of carbonyl (C=O) groups is 3. The van der Waals surface area contributed by atoms with E-state index in [1.165, 1.54) is 6.26 Å². The quantitative estimate of drug-likeness (QED) is 0.652. The van der Waals surface area contributed by atoms with E-state index in [4.69, 9.17) is 9.15 Å². The summed E-state index contributed by atoms with van der Waals surface area (Å²) in [6, 6.07) is 12.9. The minimum Gasteiger partial charge on any atom is -0.469 e. The van der Waals surface area contributed by atoms with Crippen LogP contribution < -0.4 is 5.32 Å². The zero-order valence-corrected chi connectivity index (χ0v) is 15.5. The summed E-state index contributed by atoms with van der Waals surface area (Å²) in [4.78, 5) is 38.6. The Bertz CT molecular complexity index is 929. The molecule has 1 aromatic carbocycles. The highest BCUT2D eigenvalue weighted by Gasteiger charge is 2.48. The van der Waals surface area contributed by atoms with E-state index in [1.807, 2.05) is 30.3 Å². The molecule has 6 nitrogen and oxygen atoms in total. The Morgan fingerprint density at radius 3 is 2.61 bits per heavy atom. The monoisotopic (exact) mass is 379 g/mol. The molecule has 6 heteroatoms. The van der Waals surface area contributed by atoms with Crippen molar-refractivity contribution in [3.8, 4) is 0 Å². The lowest BCUT2D eigenvalue weighted by molar-refractivity contribution is -0.152. The van der Waals surface area contributed by atoms with Crippen LogP contribution in [0, 0.1) is 5.92 Å². The van der Waals surface area contributed by atoms with Gasteiger partial charge < -0.3 is 14.5 Å². The lowest BCUT2D eigenvalue weighted by Crippen LogP contribution is -2.44. The molecule has 2 heterocycles. The number of hydrogen-bond donors (Lipinski definition) is 1. The van der Waals surface area contributed by atoms with Crippen molar-refractivity contribution < 1.29 is 23.5 Å². The minimum absolute atomic E-state index is 0.131. The zero-order chi connectivity index (χ0) is 19.7. The number of hydrogen-bond acceptors (Lipinski definition) is 5. The predicted octanol–water partition coefficient (Wildman–Crippen LogP) is 3.07. The fourth-order valence-corrected chi connectivity index (χ4v) is 4.19. The highest BCUT2D eigenvalue weighted by Crippen LogP contribution is 2.45. The molecular formula is C22H21NO5. The molecule has 0 fully saturated rings. The third-order valence-electron chi connectivity index (χ3n) is 5.38. The van der Waals surface area contributed by atoms with Crippen molar-refractivity contribution in [2.75, 3.05) is 6.61 Å². The standard InChI is InChI=1S/C22H21NO5/c1-2-27-22(26)20-15(17-9-6-10-28-17)11-16-19(21(20)25)14(12-18(24)23-16)13-7-4-3-5-8-13/h3-10,14-15,20H,2,11-12H2,1H3,(H,23,24)/t14-,15+,20-/m0/s1. The number of furan rings is 1. The molecule has 0 bridgehead atoms. The first-order valence-corrected chi connectivity index (χ1v) is 9.42. The summed E-state index contributed by atoms with van der Waals surface area (Å²) in [5.41, 5.74) is 1.97. The maximum atomic E-state index is 13.5. The van der Waals surface area contributed by atoms with Crippen molar-refractivity contribution in [1.82, 2.24) is 5.32 Å². The minimum atomic E-state index is -0.980. The Hall–Kier alpha value is -3.15. The number of ketones is 1. The largest absolute Gasteiger partial charge is 0.469 e. The molecule has 0 radical (unpaired) electrons. The zero-order valence-electron chi connectivity index (χ0n) is 15.5. The maximum Gasteiger partial charge on any atom is 0.317 e. The van der Waals surface area contributed by atoms with Gasteiger partial charge in [0, 0.05) is 29.5 Å². The van der Waals surface area contributed by atoms with Gasteiger partial charge in [0.25, 0.3) is 0 Å². The Morgan fingerprint density at radius 2 is 1.93 bits per heavy atom. The van der Waals surface area contributed by atoms with Crippen molar-refractivity contribution in [2.45, 2.75) is 31.6 Å². The van der Waals surface area contributed by atoms with Crippen LogP contribution in [0.3, 0.4) is 0 Å². The molecule has 3 atom stereocenters. The van der Waals surface area contributed by atoms with Gasteiger partial charge in [-0.25, -0.2) is 0 Å².